The number of methoxy groups -OCH3 is 1. The maximum atomic E-state index is 11.8. The average molecular weight is 485 g/mol. The Kier molecular flexibility index (Phi) is 5.18. The number of hydrogen-bond acceptors (Lipinski definition) is 8. The molecule has 0 radical (unpaired) electrons. The first-order valence-electron chi connectivity index (χ1n) is 10.0. The second-order valence-electron chi connectivity index (χ2n) is 7.41. The summed E-state index contributed by atoms with van der Waals surface area (Å²) in [5, 5.41) is 7.71. The zero-order chi connectivity index (χ0) is 21.4. The molecule has 0 aliphatic carbocycles. The highest BCUT2D eigenvalue weighted by atomic mass is 79.9. The van der Waals surface area contributed by atoms with Crippen LogP contribution in [0.4, 0.5) is 11.9 Å². The number of anilines is 2. The van der Waals surface area contributed by atoms with Crippen molar-refractivity contribution in [3.63, 3.8) is 0 Å². The summed E-state index contributed by atoms with van der Waals surface area (Å²) in [6, 6.07) is 7.90. The molecule has 1 aliphatic rings. The van der Waals surface area contributed by atoms with Crippen molar-refractivity contribution in [1.29, 1.82) is 0 Å². The molecule has 160 valence electrons. The maximum absolute atomic E-state index is 11.8. The SMILES string of the molecule is COC(=O)C1CCN(c2nc(NCc3nc4ccccc4[nH]3)n3ncc(Br)c3n2)CC1. The van der Waals surface area contributed by atoms with Crippen LogP contribution in [0.25, 0.3) is 16.7 Å². The highest BCUT2D eigenvalue weighted by Crippen LogP contribution is 2.26. The van der Waals surface area contributed by atoms with Crippen LogP contribution in [0, 0.1) is 5.92 Å². The quantitative estimate of drug-likeness (QED) is 0.415. The maximum Gasteiger partial charge on any atom is 0.308 e. The number of esters is 1. The molecule has 11 heteroatoms. The third kappa shape index (κ3) is 3.80. The minimum Gasteiger partial charge on any atom is -0.469 e. The summed E-state index contributed by atoms with van der Waals surface area (Å²) in [5.74, 6) is 1.75. The van der Waals surface area contributed by atoms with Crippen LogP contribution in [0.5, 0.6) is 0 Å². The van der Waals surface area contributed by atoms with Crippen molar-refractivity contribution in [2.45, 2.75) is 19.4 Å². The number of halogens is 1. The summed E-state index contributed by atoms with van der Waals surface area (Å²) in [5.41, 5.74) is 2.58. The number of benzene rings is 1. The molecule has 1 saturated heterocycles. The number of rotatable bonds is 5. The Morgan fingerprint density at radius 1 is 1.26 bits per heavy atom. The minimum absolute atomic E-state index is 0.0719. The van der Waals surface area contributed by atoms with E-state index in [1.807, 2.05) is 24.3 Å². The molecule has 31 heavy (non-hydrogen) atoms. The molecule has 0 atom stereocenters. The molecular weight excluding hydrogens is 464 g/mol. The van der Waals surface area contributed by atoms with Gasteiger partial charge < -0.3 is 19.9 Å². The van der Waals surface area contributed by atoms with Crippen LogP contribution in [0.2, 0.25) is 0 Å². The fraction of sp³-hybridized carbons (Fsp3) is 0.350. The Labute approximate surface area is 186 Å². The molecule has 10 nitrogen and oxygen atoms in total. The summed E-state index contributed by atoms with van der Waals surface area (Å²) >= 11 is 3.52. The summed E-state index contributed by atoms with van der Waals surface area (Å²) < 4.78 is 7.33. The number of imidazole rings is 1. The second-order valence-corrected chi connectivity index (χ2v) is 8.27. The van der Waals surface area contributed by atoms with E-state index in [0.29, 0.717) is 50.0 Å². The molecule has 1 aliphatic heterocycles. The van der Waals surface area contributed by atoms with Gasteiger partial charge in [-0.25, -0.2) is 4.98 Å². The van der Waals surface area contributed by atoms with Crippen LogP contribution < -0.4 is 10.2 Å². The van der Waals surface area contributed by atoms with Crippen molar-refractivity contribution in [2.75, 3.05) is 30.4 Å². The lowest BCUT2D eigenvalue weighted by Crippen LogP contribution is -2.38. The zero-order valence-corrected chi connectivity index (χ0v) is 18.5. The standard InChI is InChI=1S/C20H21BrN8O2/c1-31-18(30)12-6-8-28(9-7-12)20-26-17-13(21)10-23-29(17)19(27-20)22-11-16-24-14-4-2-3-5-15(14)25-16/h2-5,10,12H,6-9,11H2,1H3,(H,24,25)(H,22,26,27). The zero-order valence-electron chi connectivity index (χ0n) is 16.9. The number of hydrogen-bond donors (Lipinski definition) is 2. The Bertz CT molecular complexity index is 1210. The smallest absolute Gasteiger partial charge is 0.308 e. The first-order valence-corrected chi connectivity index (χ1v) is 10.8. The fourth-order valence-electron chi connectivity index (χ4n) is 3.83. The van der Waals surface area contributed by atoms with Crippen LogP contribution in [0.3, 0.4) is 0 Å². The topological polar surface area (TPSA) is 113 Å². The number of piperidine rings is 1. The Morgan fingerprint density at radius 3 is 2.84 bits per heavy atom. The monoisotopic (exact) mass is 484 g/mol. The fourth-order valence-corrected chi connectivity index (χ4v) is 4.18. The van der Waals surface area contributed by atoms with E-state index in [1.54, 1.807) is 10.7 Å². The van der Waals surface area contributed by atoms with Gasteiger partial charge in [0.15, 0.2) is 5.65 Å². The van der Waals surface area contributed by atoms with E-state index >= 15 is 0 Å². The molecule has 1 aromatic carbocycles. The summed E-state index contributed by atoms with van der Waals surface area (Å²) in [4.78, 5) is 31.2. The summed E-state index contributed by atoms with van der Waals surface area (Å²) in [7, 11) is 1.43. The first kappa shape index (κ1) is 19.7. The number of aromatic amines is 1. The molecule has 0 spiro atoms. The van der Waals surface area contributed by atoms with E-state index in [4.69, 9.17) is 9.72 Å². The summed E-state index contributed by atoms with van der Waals surface area (Å²) in [6.07, 6.45) is 3.12. The molecule has 4 aromatic rings. The van der Waals surface area contributed by atoms with Crippen LogP contribution in [0.15, 0.2) is 34.9 Å². The van der Waals surface area contributed by atoms with Gasteiger partial charge in [-0.15, -0.1) is 0 Å². The molecule has 5 rings (SSSR count). The summed E-state index contributed by atoms with van der Waals surface area (Å²) in [6.45, 7) is 1.83. The number of ether oxygens (including phenoxy) is 1. The van der Waals surface area contributed by atoms with Crippen molar-refractivity contribution < 1.29 is 9.53 Å². The van der Waals surface area contributed by atoms with Gasteiger partial charge in [0.1, 0.15) is 5.82 Å². The molecule has 0 saturated carbocycles. The Balaban J connectivity index is 1.39. The van der Waals surface area contributed by atoms with E-state index in [9.17, 15) is 4.79 Å². The molecule has 1 fully saturated rings. The molecular formula is C20H21BrN8O2. The van der Waals surface area contributed by atoms with Crippen molar-refractivity contribution >= 4 is 50.5 Å². The van der Waals surface area contributed by atoms with Gasteiger partial charge in [-0.2, -0.15) is 19.6 Å². The predicted molar refractivity (Wildman–Crippen MR) is 119 cm³/mol. The number of nitrogens with one attached hydrogen (secondary N) is 2. The van der Waals surface area contributed by atoms with Crippen molar-refractivity contribution in [3.05, 3.63) is 40.8 Å². The minimum atomic E-state index is -0.150. The number of H-pyrrole nitrogens is 1. The van der Waals surface area contributed by atoms with E-state index in [2.05, 4.69) is 46.2 Å². The number of carbonyl (C=O) groups excluding carboxylic acids is 1. The van der Waals surface area contributed by atoms with Gasteiger partial charge in [-0.3, -0.25) is 4.79 Å². The Morgan fingerprint density at radius 2 is 2.06 bits per heavy atom. The van der Waals surface area contributed by atoms with Crippen molar-refractivity contribution in [1.82, 2.24) is 29.5 Å². The largest absolute Gasteiger partial charge is 0.469 e. The number of nitrogens with zero attached hydrogens (tertiary/aromatic N) is 6. The van der Waals surface area contributed by atoms with E-state index < -0.39 is 0 Å². The van der Waals surface area contributed by atoms with Gasteiger partial charge in [0, 0.05) is 13.1 Å². The molecule has 4 heterocycles. The van der Waals surface area contributed by atoms with Gasteiger partial charge in [0.25, 0.3) is 0 Å². The van der Waals surface area contributed by atoms with Crippen LogP contribution in [0.1, 0.15) is 18.7 Å². The highest BCUT2D eigenvalue weighted by molar-refractivity contribution is 9.10. The molecule has 2 N–H and O–H groups in total. The average Bonchev–Trinajstić information content (AvgIpc) is 3.40. The van der Waals surface area contributed by atoms with Gasteiger partial charge >= 0.3 is 5.97 Å². The molecule has 0 amide bonds. The van der Waals surface area contributed by atoms with Crippen LogP contribution >= 0.6 is 15.9 Å². The number of para-hydroxylation sites is 2. The van der Waals surface area contributed by atoms with Gasteiger partial charge in [-0.1, -0.05) is 12.1 Å². The van der Waals surface area contributed by atoms with Crippen molar-refractivity contribution in [2.24, 2.45) is 5.92 Å². The number of carbonyl (C=O) groups is 1. The number of aromatic nitrogens is 6. The van der Waals surface area contributed by atoms with Gasteiger partial charge in [0.05, 0.1) is 41.3 Å². The third-order valence-corrected chi connectivity index (χ3v) is 6.04. The number of fused-ring (bicyclic) bond motifs is 2. The lowest BCUT2D eigenvalue weighted by atomic mass is 9.97. The Hall–Kier alpha value is -3.21. The van der Waals surface area contributed by atoms with Crippen LogP contribution in [-0.4, -0.2) is 55.7 Å². The predicted octanol–water partition coefficient (Wildman–Crippen LogP) is 2.76. The van der Waals surface area contributed by atoms with Gasteiger partial charge in [-0.05, 0) is 40.9 Å². The van der Waals surface area contributed by atoms with E-state index in [-0.39, 0.29) is 11.9 Å². The second kappa shape index (κ2) is 8.14. The third-order valence-electron chi connectivity index (χ3n) is 5.48. The normalized spacial score (nSPS) is 15.0. The molecule has 0 unspecified atom stereocenters. The van der Waals surface area contributed by atoms with Crippen molar-refractivity contribution in [3.8, 4) is 0 Å². The first-order chi connectivity index (χ1) is 15.1. The lowest BCUT2D eigenvalue weighted by molar-refractivity contribution is -0.146. The molecule has 0 bridgehead atoms. The van der Waals surface area contributed by atoms with Gasteiger partial charge in [0.2, 0.25) is 11.9 Å². The van der Waals surface area contributed by atoms with E-state index in [0.717, 1.165) is 21.3 Å². The van der Waals surface area contributed by atoms with E-state index in [1.165, 1.54) is 7.11 Å². The lowest BCUT2D eigenvalue weighted by Gasteiger charge is -2.30. The molecule has 3 aromatic heterocycles. The van der Waals surface area contributed by atoms with Crippen LogP contribution in [-0.2, 0) is 16.1 Å². The highest BCUT2D eigenvalue weighted by Gasteiger charge is 2.27.